The Labute approximate surface area is 149 Å². The molecule has 0 atom stereocenters. The van der Waals surface area contributed by atoms with E-state index in [1.54, 1.807) is 7.11 Å². The number of hydrogen-bond donors (Lipinski definition) is 0. The molecule has 0 aromatic heterocycles. The molecular weight excluding hydrogens is 308 g/mol. The highest BCUT2D eigenvalue weighted by Gasteiger charge is 2.04. The first-order valence-corrected chi connectivity index (χ1v) is 8.34. The SMILES string of the molecule is COc1ccc(/C=N\N(Cc2ccccc2)Cc2ccccc2)cc1. The topological polar surface area (TPSA) is 24.8 Å². The summed E-state index contributed by atoms with van der Waals surface area (Å²) in [6.07, 6.45) is 1.89. The van der Waals surface area contributed by atoms with Crippen molar-refractivity contribution < 1.29 is 4.74 Å². The quantitative estimate of drug-likeness (QED) is 0.462. The molecule has 25 heavy (non-hydrogen) atoms. The molecule has 3 rings (SSSR count). The molecule has 0 radical (unpaired) electrons. The Kier molecular flexibility index (Phi) is 5.83. The van der Waals surface area contributed by atoms with Crippen molar-refractivity contribution in [1.29, 1.82) is 0 Å². The van der Waals surface area contributed by atoms with E-state index in [2.05, 4.69) is 53.5 Å². The maximum atomic E-state index is 5.20. The van der Waals surface area contributed by atoms with Crippen LogP contribution in [0, 0.1) is 0 Å². The highest BCUT2D eigenvalue weighted by atomic mass is 16.5. The van der Waals surface area contributed by atoms with Crippen molar-refractivity contribution >= 4 is 6.21 Å². The molecule has 0 amide bonds. The smallest absolute Gasteiger partial charge is 0.118 e. The number of hydrazone groups is 1. The Bertz CT molecular complexity index is 742. The second-order valence-corrected chi connectivity index (χ2v) is 5.81. The highest BCUT2D eigenvalue weighted by molar-refractivity contribution is 5.79. The van der Waals surface area contributed by atoms with E-state index in [4.69, 9.17) is 9.84 Å². The summed E-state index contributed by atoms with van der Waals surface area (Å²) in [6, 6.07) is 28.7. The largest absolute Gasteiger partial charge is 0.497 e. The summed E-state index contributed by atoms with van der Waals surface area (Å²) in [5.41, 5.74) is 3.53. The minimum absolute atomic E-state index is 0.766. The van der Waals surface area contributed by atoms with Crippen LogP contribution in [0.25, 0.3) is 0 Å². The third-order valence-electron chi connectivity index (χ3n) is 3.90. The number of hydrogen-bond acceptors (Lipinski definition) is 3. The van der Waals surface area contributed by atoms with Crippen LogP contribution in [0.1, 0.15) is 16.7 Å². The standard InChI is InChI=1S/C22H22N2O/c1-25-22-14-12-19(13-15-22)16-23-24(17-20-8-4-2-5-9-20)18-21-10-6-3-7-11-21/h2-16H,17-18H2,1H3/b23-16-. The molecule has 3 nitrogen and oxygen atoms in total. The van der Waals surface area contributed by atoms with Gasteiger partial charge < -0.3 is 4.74 Å². The second-order valence-electron chi connectivity index (χ2n) is 5.81. The third-order valence-corrected chi connectivity index (χ3v) is 3.90. The van der Waals surface area contributed by atoms with Crippen molar-refractivity contribution in [1.82, 2.24) is 5.01 Å². The van der Waals surface area contributed by atoms with E-state index >= 15 is 0 Å². The molecule has 0 spiro atoms. The molecule has 3 aromatic carbocycles. The molecule has 0 heterocycles. The molecule has 0 aliphatic carbocycles. The molecule has 0 fully saturated rings. The maximum Gasteiger partial charge on any atom is 0.118 e. The lowest BCUT2D eigenvalue weighted by atomic mass is 10.2. The summed E-state index contributed by atoms with van der Waals surface area (Å²) in [5, 5.41) is 6.79. The van der Waals surface area contributed by atoms with Crippen LogP contribution in [-0.2, 0) is 13.1 Å². The highest BCUT2D eigenvalue weighted by Crippen LogP contribution is 2.12. The summed E-state index contributed by atoms with van der Waals surface area (Å²) in [4.78, 5) is 0. The lowest BCUT2D eigenvalue weighted by Crippen LogP contribution is -2.17. The van der Waals surface area contributed by atoms with Crippen LogP contribution < -0.4 is 4.74 Å². The van der Waals surface area contributed by atoms with Gasteiger partial charge in [0.05, 0.1) is 26.4 Å². The summed E-state index contributed by atoms with van der Waals surface area (Å²) in [6.45, 7) is 1.53. The van der Waals surface area contributed by atoms with E-state index in [1.165, 1.54) is 11.1 Å². The molecule has 3 heteroatoms. The molecule has 126 valence electrons. The fourth-order valence-corrected chi connectivity index (χ4v) is 2.56. The minimum Gasteiger partial charge on any atom is -0.497 e. The van der Waals surface area contributed by atoms with Crippen molar-refractivity contribution in [3.05, 3.63) is 102 Å². The Morgan fingerprint density at radius 3 is 1.76 bits per heavy atom. The van der Waals surface area contributed by atoms with Gasteiger partial charge >= 0.3 is 0 Å². The molecule has 0 saturated heterocycles. The molecule has 0 aliphatic rings. The van der Waals surface area contributed by atoms with Gasteiger partial charge in [-0.05, 0) is 41.0 Å². The predicted molar refractivity (Wildman–Crippen MR) is 103 cm³/mol. The van der Waals surface area contributed by atoms with Gasteiger partial charge in [0.25, 0.3) is 0 Å². The summed E-state index contributed by atoms with van der Waals surface area (Å²) in [7, 11) is 1.67. The first kappa shape index (κ1) is 16.8. The van der Waals surface area contributed by atoms with Gasteiger partial charge in [0, 0.05) is 0 Å². The summed E-state index contributed by atoms with van der Waals surface area (Å²) >= 11 is 0. The zero-order chi connectivity index (χ0) is 17.3. The first-order valence-electron chi connectivity index (χ1n) is 8.34. The van der Waals surface area contributed by atoms with E-state index in [9.17, 15) is 0 Å². The van der Waals surface area contributed by atoms with Gasteiger partial charge in [0.15, 0.2) is 0 Å². The Morgan fingerprint density at radius 2 is 1.28 bits per heavy atom. The molecular formula is C22H22N2O. The molecule has 3 aromatic rings. The van der Waals surface area contributed by atoms with Gasteiger partial charge in [-0.1, -0.05) is 60.7 Å². The molecule has 0 unspecified atom stereocenters. The molecule has 0 bridgehead atoms. The Hall–Kier alpha value is -3.07. The molecule has 0 N–H and O–H groups in total. The number of methoxy groups -OCH3 is 1. The molecule has 0 saturated carbocycles. The van der Waals surface area contributed by atoms with Gasteiger partial charge in [-0.3, -0.25) is 5.01 Å². The number of rotatable bonds is 7. The lowest BCUT2D eigenvalue weighted by molar-refractivity contribution is 0.272. The van der Waals surface area contributed by atoms with Crippen molar-refractivity contribution in [2.75, 3.05) is 7.11 Å². The van der Waals surface area contributed by atoms with Crippen LogP contribution in [0.3, 0.4) is 0 Å². The summed E-state index contributed by atoms with van der Waals surface area (Å²) < 4.78 is 5.20. The van der Waals surface area contributed by atoms with Gasteiger partial charge in [-0.15, -0.1) is 0 Å². The third kappa shape index (κ3) is 5.21. The number of ether oxygens (including phenoxy) is 1. The zero-order valence-corrected chi connectivity index (χ0v) is 14.4. The van der Waals surface area contributed by atoms with Crippen LogP contribution in [0.15, 0.2) is 90.0 Å². The summed E-state index contributed by atoms with van der Waals surface area (Å²) in [5.74, 6) is 0.850. The molecule has 0 aliphatic heterocycles. The van der Waals surface area contributed by atoms with Crippen LogP contribution >= 0.6 is 0 Å². The van der Waals surface area contributed by atoms with Crippen molar-refractivity contribution in [3.63, 3.8) is 0 Å². The van der Waals surface area contributed by atoms with Crippen LogP contribution in [0.4, 0.5) is 0 Å². The van der Waals surface area contributed by atoms with Gasteiger partial charge in [0.1, 0.15) is 5.75 Å². The number of benzene rings is 3. The average molecular weight is 330 g/mol. The average Bonchev–Trinajstić information content (AvgIpc) is 2.68. The second kappa shape index (κ2) is 8.69. The Balaban J connectivity index is 1.75. The fraction of sp³-hybridized carbons (Fsp3) is 0.136. The monoisotopic (exact) mass is 330 g/mol. The van der Waals surface area contributed by atoms with Crippen LogP contribution in [-0.4, -0.2) is 18.3 Å². The van der Waals surface area contributed by atoms with Crippen LogP contribution in [0.5, 0.6) is 5.75 Å². The van der Waals surface area contributed by atoms with Crippen LogP contribution in [0.2, 0.25) is 0 Å². The number of nitrogens with zero attached hydrogens (tertiary/aromatic N) is 2. The Morgan fingerprint density at radius 1 is 0.760 bits per heavy atom. The lowest BCUT2D eigenvalue weighted by Gasteiger charge is -2.19. The van der Waals surface area contributed by atoms with E-state index < -0.39 is 0 Å². The van der Waals surface area contributed by atoms with E-state index in [-0.39, 0.29) is 0 Å². The van der Waals surface area contributed by atoms with Crippen molar-refractivity contribution in [3.8, 4) is 5.75 Å². The normalized spacial score (nSPS) is 10.8. The maximum absolute atomic E-state index is 5.20. The minimum atomic E-state index is 0.766. The van der Waals surface area contributed by atoms with Crippen molar-refractivity contribution in [2.24, 2.45) is 5.10 Å². The van der Waals surface area contributed by atoms with Gasteiger partial charge in [-0.2, -0.15) is 5.10 Å². The predicted octanol–water partition coefficient (Wildman–Crippen LogP) is 4.73. The van der Waals surface area contributed by atoms with Crippen molar-refractivity contribution in [2.45, 2.75) is 13.1 Å². The van der Waals surface area contributed by atoms with E-state index in [0.717, 1.165) is 24.4 Å². The zero-order valence-electron chi connectivity index (χ0n) is 14.4. The first-order chi connectivity index (χ1) is 12.3. The van der Waals surface area contributed by atoms with Gasteiger partial charge in [0.2, 0.25) is 0 Å². The fourth-order valence-electron chi connectivity index (χ4n) is 2.56. The van der Waals surface area contributed by atoms with Gasteiger partial charge in [-0.25, -0.2) is 0 Å². The van der Waals surface area contributed by atoms with E-state index in [0.29, 0.717) is 0 Å². The van der Waals surface area contributed by atoms with E-state index in [1.807, 2.05) is 42.6 Å².